The minimum Gasteiger partial charge on any atom is -0.298 e. The molecule has 0 saturated heterocycles. The van der Waals surface area contributed by atoms with Gasteiger partial charge in [0.2, 0.25) is 0 Å². The minimum atomic E-state index is -3.58. The van der Waals surface area contributed by atoms with Crippen molar-refractivity contribution in [3.05, 3.63) is 12.7 Å². The first-order valence-corrected chi connectivity index (χ1v) is 4.60. The highest BCUT2D eigenvalue weighted by molar-refractivity contribution is 7.89. The molecule has 0 N–H and O–H groups in total. The summed E-state index contributed by atoms with van der Waals surface area (Å²) in [4.78, 5) is 0. The lowest BCUT2D eigenvalue weighted by atomic mass is 10.8. The summed E-state index contributed by atoms with van der Waals surface area (Å²) in [7, 11) is -5.26. The highest BCUT2D eigenvalue weighted by Gasteiger charge is 2.04. The predicted molar refractivity (Wildman–Crippen MR) is 35.5 cm³/mol. The highest BCUT2D eigenvalue weighted by atomic mass is 32.2. The molecule has 0 amide bonds. The van der Waals surface area contributed by atoms with Gasteiger partial charge in [-0.3, -0.25) is 4.57 Å². The standard InChI is InChI=1S/C3H7O4PS/c1-2-3-9(5,6)7-8-4/h2H,1,3,8H2. The minimum absolute atomic E-state index is 0.289. The van der Waals surface area contributed by atoms with E-state index < -0.39 is 18.8 Å². The van der Waals surface area contributed by atoms with Gasteiger partial charge in [0.1, 0.15) is 0 Å². The Balaban J connectivity index is 4.03. The van der Waals surface area contributed by atoms with E-state index in [9.17, 15) is 13.0 Å². The molecule has 4 nitrogen and oxygen atoms in total. The van der Waals surface area contributed by atoms with Crippen LogP contribution in [-0.4, -0.2) is 14.2 Å². The summed E-state index contributed by atoms with van der Waals surface area (Å²) in [5.41, 5.74) is 0. The van der Waals surface area contributed by atoms with Crippen molar-refractivity contribution in [2.75, 3.05) is 5.75 Å². The maximum atomic E-state index is 10.4. The van der Waals surface area contributed by atoms with Gasteiger partial charge in [-0.15, -0.1) is 6.58 Å². The second-order valence-corrected chi connectivity index (χ2v) is 3.62. The average molecular weight is 170 g/mol. The van der Waals surface area contributed by atoms with Crippen LogP contribution < -0.4 is 0 Å². The molecule has 9 heavy (non-hydrogen) atoms. The molecule has 1 atom stereocenters. The molecule has 0 rings (SSSR count). The van der Waals surface area contributed by atoms with E-state index >= 15 is 0 Å². The van der Waals surface area contributed by atoms with Gasteiger partial charge in [0.05, 0.1) is 5.75 Å². The maximum Gasteiger partial charge on any atom is 0.276 e. The van der Waals surface area contributed by atoms with Gasteiger partial charge < -0.3 is 0 Å². The fourth-order valence-corrected chi connectivity index (χ4v) is 1.33. The van der Waals surface area contributed by atoms with E-state index in [-0.39, 0.29) is 5.75 Å². The summed E-state index contributed by atoms with van der Waals surface area (Å²) >= 11 is 0. The molecule has 0 aliphatic carbocycles. The summed E-state index contributed by atoms with van der Waals surface area (Å²) < 4.78 is 34.3. The molecule has 0 heterocycles. The predicted octanol–water partition coefficient (Wildman–Crippen LogP) is 0.190. The van der Waals surface area contributed by atoms with Crippen molar-refractivity contribution in [2.24, 2.45) is 0 Å². The van der Waals surface area contributed by atoms with Crippen molar-refractivity contribution >= 4 is 18.8 Å². The SMILES string of the molecule is C=CCS(=O)(=O)O[PH2]=O. The van der Waals surface area contributed by atoms with E-state index in [2.05, 4.69) is 10.5 Å². The van der Waals surface area contributed by atoms with Crippen molar-refractivity contribution in [1.29, 1.82) is 0 Å². The molecule has 0 spiro atoms. The van der Waals surface area contributed by atoms with Crippen molar-refractivity contribution in [2.45, 2.75) is 0 Å². The van der Waals surface area contributed by atoms with Gasteiger partial charge >= 0.3 is 0 Å². The zero-order valence-electron chi connectivity index (χ0n) is 4.61. The molecule has 0 aromatic rings. The normalized spacial score (nSPS) is 12.4. The van der Waals surface area contributed by atoms with Gasteiger partial charge in [0.25, 0.3) is 10.1 Å². The van der Waals surface area contributed by atoms with Crippen LogP contribution in [0.1, 0.15) is 0 Å². The zero-order valence-corrected chi connectivity index (χ0v) is 6.58. The Morgan fingerprint density at radius 2 is 2.22 bits per heavy atom. The van der Waals surface area contributed by atoms with E-state index in [4.69, 9.17) is 0 Å². The molecule has 0 bridgehead atoms. The molecule has 6 heteroatoms. The fourth-order valence-electron chi connectivity index (χ4n) is 0.243. The van der Waals surface area contributed by atoms with Crippen LogP contribution in [0.5, 0.6) is 0 Å². The lowest BCUT2D eigenvalue weighted by Gasteiger charge is -1.91. The van der Waals surface area contributed by atoms with Crippen LogP contribution in [0.3, 0.4) is 0 Å². The molecule has 0 saturated carbocycles. The van der Waals surface area contributed by atoms with Crippen LogP contribution in [0.25, 0.3) is 0 Å². The summed E-state index contributed by atoms with van der Waals surface area (Å²) in [5, 5.41) is 0. The van der Waals surface area contributed by atoms with Crippen LogP contribution >= 0.6 is 8.69 Å². The van der Waals surface area contributed by atoms with Gasteiger partial charge in [0, 0.05) is 0 Å². The van der Waals surface area contributed by atoms with Gasteiger partial charge in [-0.25, -0.2) is 3.97 Å². The second kappa shape index (κ2) is 3.82. The fraction of sp³-hybridized carbons (Fsp3) is 0.333. The van der Waals surface area contributed by atoms with Crippen LogP contribution in [0.2, 0.25) is 0 Å². The largest absolute Gasteiger partial charge is 0.298 e. The first kappa shape index (κ1) is 8.88. The van der Waals surface area contributed by atoms with Crippen molar-refractivity contribution in [3.8, 4) is 0 Å². The van der Waals surface area contributed by atoms with Crippen LogP contribution in [0, 0.1) is 0 Å². The third-order valence-electron chi connectivity index (χ3n) is 0.508. The molecule has 0 radical (unpaired) electrons. The van der Waals surface area contributed by atoms with Gasteiger partial charge in [0.15, 0.2) is 8.69 Å². The first-order chi connectivity index (χ1) is 4.12. The van der Waals surface area contributed by atoms with E-state index in [0.29, 0.717) is 0 Å². The third kappa shape index (κ3) is 4.39. The summed E-state index contributed by atoms with van der Waals surface area (Å²) in [6.07, 6.45) is 1.17. The van der Waals surface area contributed by atoms with Crippen molar-refractivity contribution in [1.82, 2.24) is 0 Å². The molecule has 0 aliphatic rings. The lowest BCUT2D eigenvalue weighted by molar-refractivity contribution is 0.490. The average Bonchev–Trinajstić information content (AvgIpc) is 1.64. The second-order valence-electron chi connectivity index (χ2n) is 1.21. The topological polar surface area (TPSA) is 60.4 Å². The van der Waals surface area contributed by atoms with E-state index in [0.717, 1.165) is 0 Å². The molecule has 0 aromatic heterocycles. The summed E-state index contributed by atoms with van der Waals surface area (Å²) in [6, 6.07) is 0. The summed E-state index contributed by atoms with van der Waals surface area (Å²) in [6.45, 7) is 3.18. The molecule has 0 aliphatic heterocycles. The quantitative estimate of drug-likeness (QED) is 0.446. The van der Waals surface area contributed by atoms with E-state index in [1.807, 2.05) is 0 Å². The van der Waals surface area contributed by atoms with Gasteiger partial charge in [-0.05, 0) is 0 Å². The maximum absolute atomic E-state index is 10.4. The zero-order chi connectivity index (χ0) is 7.33. The Morgan fingerprint density at radius 3 is 2.56 bits per heavy atom. The molecule has 0 aromatic carbocycles. The van der Waals surface area contributed by atoms with Crippen LogP contribution in [0.4, 0.5) is 0 Å². The highest BCUT2D eigenvalue weighted by Crippen LogP contribution is 2.03. The molecule has 54 valence electrons. The number of rotatable bonds is 4. The van der Waals surface area contributed by atoms with Crippen LogP contribution in [-0.2, 0) is 18.7 Å². The van der Waals surface area contributed by atoms with Gasteiger partial charge in [-0.1, -0.05) is 6.08 Å². The Labute approximate surface area is 54.9 Å². The van der Waals surface area contributed by atoms with E-state index in [1.54, 1.807) is 0 Å². The smallest absolute Gasteiger partial charge is 0.276 e. The molecular weight excluding hydrogens is 163 g/mol. The monoisotopic (exact) mass is 170 g/mol. The van der Waals surface area contributed by atoms with Gasteiger partial charge in [-0.2, -0.15) is 8.42 Å². The number of hydrogen-bond donors (Lipinski definition) is 0. The van der Waals surface area contributed by atoms with E-state index in [1.165, 1.54) is 6.08 Å². The first-order valence-electron chi connectivity index (χ1n) is 2.08. The summed E-state index contributed by atoms with van der Waals surface area (Å²) in [5.74, 6) is -0.289. The Kier molecular flexibility index (Phi) is 3.77. The number of hydrogen-bond acceptors (Lipinski definition) is 4. The molecule has 1 unspecified atom stereocenters. The third-order valence-corrected chi connectivity index (χ3v) is 2.64. The Bertz CT molecular complexity index is 178. The molecule has 0 fully saturated rings. The molecular formula is C3H7O4PS. The van der Waals surface area contributed by atoms with Crippen molar-refractivity contribution < 1.29 is 17.0 Å². The Hall–Kier alpha value is -0.120. The Morgan fingerprint density at radius 1 is 1.67 bits per heavy atom. The van der Waals surface area contributed by atoms with Crippen molar-refractivity contribution in [3.63, 3.8) is 0 Å². The van der Waals surface area contributed by atoms with Crippen LogP contribution in [0.15, 0.2) is 12.7 Å². The lowest BCUT2D eigenvalue weighted by Crippen LogP contribution is -2.01.